The molecule has 138 valence electrons. The SMILES string of the molecule is C=CCn1c(Cc2ccccc2)nnc1SCC(=O)Nc1ccccc1C. The first-order chi connectivity index (χ1) is 13.2. The molecular formula is C21H22N4OS. The van der Waals surface area contributed by atoms with Gasteiger partial charge in [0.1, 0.15) is 5.82 Å². The van der Waals surface area contributed by atoms with Crippen LogP contribution in [-0.4, -0.2) is 26.4 Å². The van der Waals surface area contributed by atoms with Gasteiger partial charge in [-0.15, -0.1) is 16.8 Å². The van der Waals surface area contributed by atoms with Gasteiger partial charge in [0.25, 0.3) is 0 Å². The van der Waals surface area contributed by atoms with E-state index < -0.39 is 0 Å². The first kappa shape index (κ1) is 18.9. The lowest BCUT2D eigenvalue weighted by Gasteiger charge is -2.09. The number of aryl methyl sites for hydroxylation is 1. The molecule has 0 atom stereocenters. The molecule has 0 saturated carbocycles. The van der Waals surface area contributed by atoms with Crippen LogP contribution in [0.25, 0.3) is 0 Å². The number of aromatic nitrogens is 3. The lowest BCUT2D eigenvalue weighted by atomic mass is 10.1. The molecule has 1 heterocycles. The lowest BCUT2D eigenvalue weighted by Crippen LogP contribution is -2.15. The number of benzene rings is 2. The van der Waals surface area contributed by atoms with E-state index in [1.54, 1.807) is 0 Å². The highest BCUT2D eigenvalue weighted by Gasteiger charge is 2.14. The van der Waals surface area contributed by atoms with E-state index in [1.807, 2.05) is 60.0 Å². The molecular weight excluding hydrogens is 356 g/mol. The fraction of sp³-hybridized carbons (Fsp3) is 0.190. The Morgan fingerprint density at radius 1 is 1.15 bits per heavy atom. The Balaban J connectivity index is 1.66. The summed E-state index contributed by atoms with van der Waals surface area (Å²) in [7, 11) is 0. The number of carbonyl (C=O) groups excluding carboxylic acids is 1. The summed E-state index contributed by atoms with van der Waals surface area (Å²) in [6.45, 7) is 6.40. The maximum Gasteiger partial charge on any atom is 0.234 e. The quantitative estimate of drug-likeness (QED) is 0.474. The molecule has 0 aliphatic rings. The van der Waals surface area contributed by atoms with Crippen LogP contribution in [0.2, 0.25) is 0 Å². The lowest BCUT2D eigenvalue weighted by molar-refractivity contribution is -0.113. The van der Waals surface area contributed by atoms with Crippen molar-refractivity contribution < 1.29 is 4.79 Å². The Morgan fingerprint density at radius 3 is 2.63 bits per heavy atom. The highest BCUT2D eigenvalue weighted by molar-refractivity contribution is 7.99. The van der Waals surface area contributed by atoms with E-state index in [0.717, 1.165) is 22.2 Å². The fourth-order valence-corrected chi connectivity index (χ4v) is 3.44. The van der Waals surface area contributed by atoms with Gasteiger partial charge in [0.2, 0.25) is 5.91 Å². The van der Waals surface area contributed by atoms with Crippen molar-refractivity contribution in [3.63, 3.8) is 0 Å². The van der Waals surface area contributed by atoms with Gasteiger partial charge in [0.15, 0.2) is 5.16 Å². The Bertz CT molecular complexity index is 921. The molecule has 0 radical (unpaired) electrons. The first-order valence-electron chi connectivity index (χ1n) is 8.72. The zero-order valence-corrected chi connectivity index (χ0v) is 16.1. The minimum Gasteiger partial charge on any atom is -0.325 e. The molecule has 27 heavy (non-hydrogen) atoms. The van der Waals surface area contributed by atoms with Crippen molar-refractivity contribution in [2.75, 3.05) is 11.1 Å². The third kappa shape index (κ3) is 5.08. The zero-order chi connectivity index (χ0) is 19.1. The van der Waals surface area contributed by atoms with E-state index in [4.69, 9.17) is 0 Å². The Morgan fingerprint density at radius 2 is 1.89 bits per heavy atom. The van der Waals surface area contributed by atoms with Crippen molar-refractivity contribution in [3.8, 4) is 0 Å². The summed E-state index contributed by atoms with van der Waals surface area (Å²) in [6.07, 6.45) is 2.51. The van der Waals surface area contributed by atoms with Crippen LogP contribution in [0, 0.1) is 6.92 Å². The van der Waals surface area contributed by atoms with Crippen molar-refractivity contribution in [1.29, 1.82) is 0 Å². The highest BCUT2D eigenvalue weighted by atomic mass is 32.2. The topological polar surface area (TPSA) is 59.8 Å². The number of anilines is 1. The number of amides is 1. The third-order valence-electron chi connectivity index (χ3n) is 4.06. The van der Waals surface area contributed by atoms with Gasteiger partial charge in [0, 0.05) is 18.7 Å². The standard InChI is InChI=1S/C21H22N4OS/c1-3-13-25-19(14-17-10-5-4-6-11-17)23-24-21(25)27-15-20(26)22-18-12-8-7-9-16(18)2/h3-12H,1,13-15H2,2H3,(H,22,26). The van der Waals surface area contributed by atoms with Crippen LogP contribution >= 0.6 is 11.8 Å². The van der Waals surface area contributed by atoms with Gasteiger partial charge in [-0.05, 0) is 24.1 Å². The molecule has 1 N–H and O–H groups in total. The smallest absolute Gasteiger partial charge is 0.234 e. The third-order valence-corrected chi connectivity index (χ3v) is 5.03. The van der Waals surface area contributed by atoms with Crippen LogP contribution in [0.3, 0.4) is 0 Å². The number of para-hydroxylation sites is 1. The minimum atomic E-state index is -0.0629. The van der Waals surface area contributed by atoms with Crippen LogP contribution in [0.15, 0.2) is 72.4 Å². The molecule has 6 heteroatoms. The Hall–Kier alpha value is -2.86. The predicted octanol–water partition coefficient (Wildman–Crippen LogP) is 4.09. The summed E-state index contributed by atoms with van der Waals surface area (Å²) in [5.41, 5.74) is 3.04. The van der Waals surface area contributed by atoms with E-state index in [0.29, 0.717) is 13.0 Å². The molecule has 1 aromatic heterocycles. The molecule has 3 aromatic rings. The molecule has 3 rings (SSSR count). The molecule has 0 fully saturated rings. The predicted molar refractivity (Wildman–Crippen MR) is 110 cm³/mol. The number of thioether (sulfide) groups is 1. The first-order valence-corrected chi connectivity index (χ1v) is 9.71. The minimum absolute atomic E-state index is 0.0629. The summed E-state index contributed by atoms with van der Waals surface area (Å²) in [5.74, 6) is 1.07. The molecule has 0 spiro atoms. The van der Waals surface area contributed by atoms with Crippen LogP contribution in [0.5, 0.6) is 0 Å². The van der Waals surface area contributed by atoms with Gasteiger partial charge in [0.05, 0.1) is 5.75 Å². The van der Waals surface area contributed by atoms with E-state index >= 15 is 0 Å². The number of nitrogens with one attached hydrogen (secondary N) is 1. The number of nitrogens with zero attached hydrogens (tertiary/aromatic N) is 3. The van der Waals surface area contributed by atoms with Crippen LogP contribution in [-0.2, 0) is 17.8 Å². The number of hydrogen-bond acceptors (Lipinski definition) is 4. The maximum atomic E-state index is 12.3. The molecule has 0 bridgehead atoms. The van der Waals surface area contributed by atoms with Gasteiger partial charge >= 0.3 is 0 Å². The average Bonchev–Trinajstić information content (AvgIpc) is 3.05. The van der Waals surface area contributed by atoms with E-state index in [1.165, 1.54) is 17.3 Å². The normalized spacial score (nSPS) is 10.6. The molecule has 0 saturated heterocycles. The average molecular weight is 379 g/mol. The summed E-state index contributed by atoms with van der Waals surface area (Å²) in [4.78, 5) is 12.3. The van der Waals surface area contributed by atoms with Crippen molar-refractivity contribution in [2.24, 2.45) is 0 Å². The van der Waals surface area contributed by atoms with Crippen molar-refractivity contribution >= 4 is 23.4 Å². The van der Waals surface area contributed by atoms with E-state index in [-0.39, 0.29) is 11.7 Å². The van der Waals surface area contributed by atoms with Crippen molar-refractivity contribution in [3.05, 3.63) is 84.2 Å². The van der Waals surface area contributed by atoms with Crippen LogP contribution in [0.4, 0.5) is 5.69 Å². The number of carbonyl (C=O) groups is 1. The van der Waals surface area contributed by atoms with Gasteiger partial charge in [-0.25, -0.2) is 0 Å². The zero-order valence-electron chi connectivity index (χ0n) is 15.3. The number of allylic oxidation sites excluding steroid dienone is 1. The Kier molecular flexibility index (Phi) is 6.44. The van der Waals surface area contributed by atoms with Gasteiger partial charge in [-0.2, -0.15) is 0 Å². The molecule has 1 amide bonds. The maximum absolute atomic E-state index is 12.3. The molecule has 2 aromatic carbocycles. The van der Waals surface area contributed by atoms with Crippen LogP contribution < -0.4 is 5.32 Å². The molecule has 0 aliphatic carbocycles. The highest BCUT2D eigenvalue weighted by Crippen LogP contribution is 2.20. The Labute approximate surface area is 163 Å². The van der Waals surface area contributed by atoms with E-state index in [2.05, 4.69) is 34.2 Å². The second-order valence-corrected chi connectivity index (χ2v) is 7.05. The summed E-state index contributed by atoms with van der Waals surface area (Å²) in [6, 6.07) is 17.9. The largest absolute Gasteiger partial charge is 0.325 e. The molecule has 0 aliphatic heterocycles. The molecule has 0 unspecified atom stereocenters. The second-order valence-electron chi connectivity index (χ2n) is 6.11. The van der Waals surface area contributed by atoms with Gasteiger partial charge < -0.3 is 9.88 Å². The summed E-state index contributed by atoms with van der Waals surface area (Å²) < 4.78 is 2.01. The number of hydrogen-bond donors (Lipinski definition) is 1. The summed E-state index contributed by atoms with van der Waals surface area (Å²) >= 11 is 1.38. The van der Waals surface area contributed by atoms with E-state index in [9.17, 15) is 4.79 Å². The monoisotopic (exact) mass is 378 g/mol. The van der Waals surface area contributed by atoms with Crippen molar-refractivity contribution in [2.45, 2.75) is 25.0 Å². The van der Waals surface area contributed by atoms with Gasteiger partial charge in [-0.1, -0.05) is 66.4 Å². The van der Waals surface area contributed by atoms with Crippen molar-refractivity contribution in [1.82, 2.24) is 14.8 Å². The summed E-state index contributed by atoms with van der Waals surface area (Å²) in [5, 5.41) is 12.3. The second kappa shape index (κ2) is 9.19. The van der Waals surface area contributed by atoms with Crippen LogP contribution in [0.1, 0.15) is 17.0 Å². The van der Waals surface area contributed by atoms with Gasteiger partial charge in [-0.3, -0.25) is 4.79 Å². The number of rotatable bonds is 8. The molecule has 5 nitrogen and oxygen atoms in total. The fourth-order valence-electron chi connectivity index (χ4n) is 2.68.